The molecule has 1 aromatic heterocycles. The molecule has 0 saturated heterocycles. The van der Waals surface area contributed by atoms with E-state index in [1.54, 1.807) is 12.1 Å². The van der Waals surface area contributed by atoms with Gasteiger partial charge in [0.1, 0.15) is 17.3 Å². The molecule has 0 fully saturated rings. The number of benzene rings is 1. The summed E-state index contributed by atoms with van der Waals surface area (Å²) in [5.41, 5.74) is 0.872. The molecule has 0 aliphatic rings. The van der Waals surface area contributed by atoms with Crippen LogP contribution < -0.4 is 10.2 Å². The molecule has 108 valence electrons. The van der Waals surface area contributed by atoms with E-state index in [0.29, 0.717) is 6.54 Å². The third kappa shape index (κ3) is 3.84. The number of hydrogen-bond acceptors (Lipinski definition) is 3. The average molecular weight is 276 g/mol. The summed E-state index contributed by atoms with van der Waals surface area (Å²) in [7, 11) is 0. The number of furan rings is 1. The summed E-state index contributed by atoms with van der Waals surface area (Å²) in [4.78, 5) is 2.08. The minimum Gasteiger partial charge on any atom is -0.463 e. The molecule has 4 heteroatoms. The third-order valence-electron chi connectivity index (χ3n) is 3.17. The average Bonchev–Trinajstić information content (AvgIpc) is 2.90. The molecule has 0 amide bonds. The lowest BCUT2D eigenvalue weighted by Gasteiger charge is -2.21. The Labute approximate surface area is 119 Å². The molecule has 0 aliphatic heterocycles. The lowest BCUT2D eigenvalue weighted by Crippen LogP contribution is -2.21. The van der Waals surface area contributed by atoms with Gasteiger partial charge in [0.05, 0.1) is 13.1 Å². The van der Waals surface area contributed by atoms with Crippen LogP contribution in [0.3, 0.4) is 0 Å². The van der Waals surface area contributed by atoms with Crippen molar-refractivity contribution < 1.29 is 8.81 Å². The molecule has 0 aliphatic carbocycles. The molecule has 1 heterocycles. The molecule has 1 aromatic carbocycles. The zero-order valence-corrected chi connectivity index (χ0v) is 12.0. The summed E-state index contributed by atoms with van der Waals surface area (Å²) in [6.45, 7) is 7.21. The minimum atomic E-state index is -0.215. The van der Waals surface area contributed by atoms with Crippen molar-refractivity contribution in [1.29, 1.82) is 0 Å². The van der Waals surface area contributed by atoms with E-state index in [0.717, 1.165) is 36.8 Å². The summed E-state index contributed by atoms with van der Waals surface area (Å²) < 4.78 is 19.1. The maximum atomic E-state index is 13.3. The van der Waals surface area contributed by atoms with E-state index >= 15 is 0 Å². The highest BCUT2D eigenvalue weighted by Crippen LogP contribution is 2.19. The van der Waals surface area contributed by atoms with Crippen LogP contribution in [0, 0.1) is 5.82 Å². The van der Waals surface area contributed by atoms with E-state index in [4.69, 9.17) is 4.42 Å². The lowest BCUT2D eigenvalue weighted by molar-refractivity contribution is 0.446. The molecule has 2 rings (SSSR count). The van der Waals surface area contributed by atoms with Crippen molar-refractivity contribution >= 4 is 5.69 Å². The molecule has 20 heavy (non-hydrogen) atoms. The molecule has 0 spiro atoms. The van der Waals surface area contributed by atoms with E-state index in [-0.39, 0.29) is 5.82 Å². The lowest BCUT2D eigenvalue weighted by atomic mass is 10.2. The Morgan fingerprint density at radius 1 is 1.15 bits per heavy atom. The molecule has 0 atom stereocenters. The largest absolute Gasteiger partial charge is 0.463 e. The van der Waals surface area contributed by atoms with Crippen molar-refractivity contribution in [2.24, 2.45) is 0 Å². The summed E-state index contributed by atoms with van der Waals surface area (Å²) in [6.07, 6.45) is 0. The predicted molar refractivity (Wildman–Crippen MR) is 79.2 cm³/mol. The van der Waals surface area contributed by atoms with Gasteiger partial charge in [-0.25, -0.2) is 4.39 Å². The zero-order valence-electron chi connectivity index (χ0n) is 12.0. The van der Waals surface area contributed by atoms with Crippen molar-refractivity contribution in [1.82, 2.24) is 5.32 Å². The standard InChI is InChI=1S/C16H21FN2O/c1-3-18-11-15-8-9-16(20-15)12-19(4-2)14-7-5-6-13(17)10-14/h5-10,18H,3-4,11-12H2,1-2H3. The minimum absolute atomic E-state index is 0.215. The van der Waals surface area contributed by atoms with Crippen LogP contribution in [0.25, 0.3) is 0 Å². The number of hydrogen-bond donors (Lipinski definition) is 1. The van der Waals surface area contributed by atoms with Gasteiger partial charge in [-0.15, -0.1) is 0 Å². The van der Waals surface area contributed by atoms with Gasteiger partial charge in [-0.05, 0) is 43.8 Å². The van der Waals surface area contributed by atoms with E-state index in [1.807, 2.05) is 25.1 Å². The maximum Gasteiger partial charge on any atom is 0.125 e. The maximum absolute atomic E-state index is 13.3. The number of rotatable bonds is 7. The van der Waals surface area contributed by atoms with E-state index in [1.165, 1.54) is 6.07 Å². The topological polar surface area (TPSA) is 28.4 Å². The van der Waals surface area contributed by atoms with Crippen molar-refractivity contribution in [3.8, 4) is 0 Å². The highest BCUT2D eigenvalue weighted by Gasteiger charge is 2.09. The number of anilines is 1. The molecule has 1 N–H and O–H groups in total. The Hall–Kier alpha value is -1.81. The van der Waals surface area contributed by atoms with Crippen LogP contribution in [-0.2, 0) is 13.1 Å². The smallest absolute Gasteiger partial charge is 0.125 e. The van der Waals surface area contributed by atoms with Gasteiger partial charge in [0.25, 0.3) is 0 Å². The fourth-order valence-corrected chi connectivity index (χ4v) is 2.10. The van der Waals surface area contributed by atoms with Gasteiger partial charge < -0.3 is 14.6 Å². The Morgan fingerprint density at radius 3 is 2.65 bits per heavy atom. The Kier molecular flexibility index (Phi) is 5.18. The van der Waals surface area contributed by atoms with Gasteiger partial charge in [0.2, 0.25) is 0 Å². The van der Waals surface area contributed by atoms with E-state index in [9.17, 15) is 4.39 Å². The monoisotopic (exact) mass is 276 g/mol. The first-order valence-electron chi connectivity index (χ1n) is 7.01. The van der Waals surface area contributed by atoms with Gasteiger partial charge in [-0.1, -0.05) is 13.0 Å². The second kappa shape index (κ2) is 7.10. The fourth-order valence-electron chi connectivity index (χ4n) is 2.10. The molecule has 0 bridgehead atoms. The van der Waals surface area contributed by atoms with E-state index < -0.39 is 0 Å². The van der Waals surface area contributed by atoms with Gasteiger partial charge in [-0.2, -0.15) is 0 Å². The Balaban J connectivity index is 2.04. The molecular weight excluding hydrogens is 255 g/mol. The first-order chi connectivity index (χ1) is 9.72. The first-order valence-corrected chi connectivity index (χ1v) is 7.01. The quantitative estimate of drug-likeness (QED) is 0.838. The van der Waals surface area contributed by atoms with Gasteiger partial charge in [0, 0.05) is 12.2 Å². The van der Waals surface area contributed by atoms with Crippen LogP contribution in [0.15, 0.2) is 40.8 Å². The summed E-state index contributed by atoms with van der Waals surface area (Å²) >= 11 is 0. The Morgan fingerprint density at radius 2 is 1.95 bits per heavy atom. The number of halogens is 1. The molecule has 0 saturated carbocycles. The number of nitrogens with one attached hydrogen (secondary N) is 1. The molecule has 2 aromatic rings. The van der Waals surface area contributed by atoms with Crippen LogP contribution >= 0.6 is 0 Å². The van der Waals surface area contributed by atoms with Crippen LogP contribution in [0.5, 0.6) is 0 Å². The predicted octanol–water partition coefficient (Wildman–Crippen LogP) is 3.55. The van der Waals surface area contributed by atoms with Gasteiger partial charge in [-0.3, -0.25) is 0 Å². The fraction of sp³-hybridized carbons (Fsp3) is 0.375. The van der Waals surface area contributed by atoms with Crippen molar-refractivity contribution in [2.75, 3.05) is 18.0 Å². The normalized spacial score (nSPS) is 10.8. The van der Waals surface area contributed by atoms with Crippen molar-refractivity contribution in [3.05, 3.63) is 53.7 Å². The number of nitrogens with zero attached hydrogens (tertiary/aromatic N) is 1. The highest BCUT2D eigenvalue weighted by molar-refractivity contribution is 5.46. The van der Waals surface area contributed by atoms with Crippen LogP contribution in [0.1, 0.15) is 25.4 Å². The SMILES string of the molecule is CCNCc1ccc(CN(CC)c2cccc(F)c2)o1. The van der Waals surface area contributed by atoms with Gasteiger partial charge in [0.15, 0.2) is 0 Å². The highest BCUT2D eigenvalue weighted by atomic mass is 19.1. The molecule has 0 radical (unpaired) electrons. The zero-order chi connectivity index (χ0) is 14.4. The first kappa shape index (κ1) is 14.6. The molecule has 3 nitrogen and oxygen atoms in total. The van der Waals surface area contributed by atoms with Crippen LogP contribution in [0.4, 0.5) is 10.1 Å². The third-order valence-corrected chi connectivity index (χ3v) is 3.17. The summed E-state index contributed by atoms with van der Waals surface area (Å²) in [5.74, 6) is 1.61. The second-order valence-electron chi connectivity index (χ2n) is 4.64. The summed E-state index contributed by atoms with van der Waals surface area (Å²) in [5, 5.41) is 3.23. The van der Waals surface area contributed by atoms with E-state index in [2.05, 4.69) is 17.1 Å². The second-order valence-corrected chi connectivity index (χ2v) is 4.64. The van der Waals surface area contributed by atoms with Crippen LogP contribution in [-0.4, -0.2) is 13.1 Å². The molecule has 0 unspecified atom stereocenters. The summed E-state index contributed by atoms with van der Waals surface area (Å²) in [6, 6.07) is 10.6. The molecular formula is C16H21FN2O. The van der Waals surface area contributed by atoms with Crippen LogP contribution in [0.2, 0.25) is 0 Å². The van der Waals surface area contributed by atoms with Crippen molar-refractivity contribution in [2.45, 2.75) is 26.9 Å². The van der Waals surface area contributed by atoms with Gasteiger partial charge >= 0.3 is 0 Å². The Bertz CT molecular complexity index is 539. The van der Waals surface area contributed by atoms with Crippen molar-refractivity contribution in [3.63, 3.8) is 0 Å².